The highest BCUT2D eigenvalue weighted by Crippen LogP contribution is 2.38. The van der Waals surface area contributed by atoms with Crippen LogP contribution in [0.15, 0.2) is 18.3 Å². The molecule has 2 aliphatic heterocycles. The molecule has 1 aromatic heterocycles. The van der Waals surface area contributed by atoms with E-state index in [1.807, 2.05) is 31.1 Å². The molecular formula is C21H33N3O4S. The number of pyridine rings is 1. The van der Waals surface area contributed by atoms with Gasteiger partial charge in [-0.2, -0.15) is 4.31 Å². The van der Waals surface area contributed by atoms with Gasteiger partial charge in [0.2, 0.25) is 0 Å². The third-order valence-corrected chi connectivity index (χ3v) is 7.42. The van der Waals surface area contributed by atoms with E-state index in [0.717, 1.165) is 37.1 Å². The molecule has 29 heavy (non-hydrogen) atoms. The predicted octanol–water partition coefficient (Wildman–Crippen LogP) is 3.60. The van der Waals surface area contributed by atoms with Crippen LogP contribution in [0.1, 0.15) is 58.9 Å². The molecule has 0 aliphatic carbocycles. The second-order valence-electron chi connectivity index (χ2n) is 8.88. The fraction of sp³-hybridized carbons (Fsp3) is 0.714. The number of likely N-dealkylation sites (tertiary alicyclic amines) is 1. The highest BCUT2D eigenvalue weighted by molar-refractivity contribution is 7.94. The first-order valence-corrected chi connectivity index (χ1v) is 11.6. The third-order valence-electron chi connectivity index (χ3n) is 5.57. The Balaban J connectivity index is 1.86. The van der Waals surface area contributed by atoms with Crippen LogP contribution in [0.3, 0.4) is 0 Å². The van der Waals surface area contributed by atoms with Crippen molar-refractivity contribution in [3.63, 3.8) is 0 Å². The Morgan fingerprint density at radius 1 is 1.45 bits per heavy atom. The summed E-state index contributed by atoms with van der Waals surface area (Å²) in [6, 6.07) is 3.94. The molecule has 0 bridgehead atoms. The highest BCUT2D eigenvalue weighted by atomic mass is 32.2. The van der Waals surface area contributed by atoms with Gasteiger partial charge in [0.25, 0.3) is 0 Å². The molecule has 4 atom stereocenters. The van der Waals surface area contributed by atoms with Crippen molar-refractivity contribution in [1.82, 2.24) is 9.88 Å². The molecule has 0 aromatic carbocycles. The average Bonchev–Trinajstić information content (AvgIpc) is 3.14. The Morgan fingerprint density at radius 3 is 2.83 bits per heavy atom. The van der Waals surface area contributed by atoms with E-state index in [1.165, 1.54) is 4.90 Å². The summed E-state index contributed by atoms with van der Waals surface area (Å²) in [7, 11) is 0. The number of aromatic nitrogens is 1. The van der Waals surface area contributed by atoms with Crippen LogP contribution in [-0.2, 0) is 22.5 Å². The molecule has 3 unspecified atom stereocenters. The molecule has 1 N–H and O–H groups in total. The van der Waals surface area contributed by atoms with Gasteiger partial charge in [0.05, 0.1) is 30.1 Å². The molecule has 0 spiro atoms. The zero-order valence-electron chi connectivity index (χ0n) is 17.8. The molecule has 0 radical (unpaired) electrons. The maximum atomic E-state index is 13.5. The molecule has 162 valence electrons. The number of hydrogen-bond acceptors (Lipinski definition) is 5. The van der Waals surface area contributed by atoms with Crippen LogP contribution in [0, 0.1) is 0 Å². The maximum absolute atomic E-state index is 13.5. The van der Waals surface area contributed by atoms with Gasteiger partial charge in [0.15, 0.2) is 5.82 Å². The minimum atomic E-state index is -1.27. The molecule has 3 rings (SSSR count). The number of aryl methyl sites for hydroxylation is 1. The number of amides is 1. The molecule has 3 heterocycles. The maximum Gasteiger partial charge on any atom is 0.407 e. The molecule has 0 saturated carbocycles. The first-order chi connectivity index (χ1) is 13.7. The SMILES string of the molecule is CCCC(OC1CCN(C(=O)O)C1)C1CCc2cccnc2N1[S@+]([O-])C(C)(C)C. The molecule has 1 aromatic rings. The van der Waals surface area contributed by atoms with Crippen molar-refractivity contribution in [2.45, 2.75) is 82.8 Å². The van der Waals surface area contributed by atoms with Crippen LogP contribution in [-0.4, -0.2) is 61.7 Å². The van der Waals surface area contributed by atoms with Crippen molar-refractivity contribution < 1.29 is 19.2 Å². The molecule has 1 amide bonds. The lowest BCUT2D eigenvalue weighted by Gasteiger charge is -2.44. The molecule has 7 nitrogen and oxygen atoms in total. The van der Waals surface area contributed by atoms with Gasteiger partial charge in [-0.3, -0.25) is 0 Å². The van der Waals surface area contributed by atoms with Crippen molar-refractivity contribution in [2.75, 3.05) is 17.4 Å². The Morgan fingerprint density at radius 2 is 2.21 bits per heavy atom. The van der Waals surface area contributed by atoms with E-state index in [9.17, 15) is 14.5 Å². The number of fused-ring (bicyclic) bond motifs is 1. The second-order valence-corrected chi connectivity index (χ2v) is 11.0. The summed E-state index contributed by atoms with van der Waals surface area (Å²) < 4.78 is 21.6. The standard InChI is InChI=1S/C21H33N3O4S/c1-5-7-18(28-16-11-13-23(14-16)20(25)26)17-10-9-15-8-6-12-22-19(15)24(17)29(27)21(2,3)4/h6,8,12,16-18H,5,7,9-11,13-14H2,1-4H3,(H,25,26)/t16?,17?,18?,29-/m1/s1. The summed E-state index contributed by atoms with van der Waals surface area (Å²) in [4.78, 5) is 17.3. The van der Waals surface area contributed by atoms with Gasteiger partial charge in [-0.05, 0) is 58.1 Å². The van der Waals surface area contributed by atoms with Gasteiger partial charge in [0, 0.05) is 12.7 Å². The summed E-state index contributed by atoms with van der Waals surface area (Å²) in [5, 5.41) is 9.24. The summed E-state index contributed by atoms with van der Waals surface area (Å²) in [6.07, 6.45) is 4.85. The van der Waals surface area contributed by atoms with E-state index in [4.69, 9.17) is 4.74 Å². The van der Waals surface area contributed by atoms with Crippen LogP contribution in [0.4, 0.5) is 10.6 Å². The largest absolute Gasteiger partial charge is 0.592 e. The number of anilines is 1. The fourth-order valence-electron chi connectivity index (χ4n) is 4.13. The number of carbonyl (C=O) groups is 1. The Hall–Kier alpha value is -1.51. The predicted molar refractivity (Wildman–Crippen MR) is 115 cm³/mol. The van der Waals surface area contributed by atoms with Crippen molar-refractivity contribution in [2.24, 2.45) is 0 Å². The van der Waals surface area contributed by atoms with Crippen LogP contribution in [0.25, 0.3) is 0 Å². The van der Waals surface area contributed by atoms with Crippen molar-refractivity contribution in [1.29, 1.82) is 0 Å². The van der Waals surface area contributed by atoms with Gasteiger partial charge < -0.3 is 19.3 Å². The second kappa shape index (κ2) is 9.10. The zero-order valence-corrected chi connectivity index (χ0v) is 18.7. The third kappa shape index (κ3) is 4.98. The number of rotatable bonds is 6. The van der Waals surface area contributed by atoms with Crippen molar-refractivity contribution in [3.05, 3.63) is 23.9 Å². The van der Waals surface area contributed by atoms with Gasteiger partial charge >= 0.3 is 6.09 Å². The van der Waals surface area contributed by atoms with Gasteiger partial charge in [-0.25, -0.2) is 9.78 Å². The minimum absolute atomic E-state index is 0.0451. The van der Waals surface area contributed by atoms with E-state index in [1.54, 1.807) is 6.20 Å². The number of carboxylic acid groups (broad SMARTS) is 1. The molecular weight excluding hydrogens is 390 g/mol. The van der Waals surface area contributed by atoms with Gasteiger partial charge in [-0.15, -0.1) is 0 Å². The summed E-state index contributed by atoms with van der Waals surface area (Å²) >= 11 is -1.27. The zero-order chi connectivity index (χ0) is 21.2. The van der Waals surface area contributed by atoms with E-state index in [0.29, 0.717) is 19.5 Å². The lowest BCUT2D eigenvalue weighted by atomic mass is 9.94. The van der Waals surface area contributed by atoms with E-state index < -0.39 is 22.2 Å². The first-order valence-electron chi connectivity index (χ1n) is 10.5. The molecule has 1 saturated heterocycles. The lowest BCUT2D eigenvalue weighted by Crippen LogP contribution is -2.56. The van der Waals surface area contributed by atoms with E-state index in [2.05, 4.69) is 18.0 Å². The lowest BCUT2D eigenvalue weighted by molar-refractivity contribution is -0.0243. The Labute approximate surface area is 176 Å². The Bertz CT molecular complexity index is 711. The quantitative estimate of drug-likeness (QED) is 0.703. The van der Waals surface area contributed by atoms with E-state index >= 15 is 0 Å². The minimum Gasteiger partial charge on any atom is -0.592 e. The highest BCUT2D eigenvalue weighted by Gasteiger charge is 2.45. The molecule has 1 fully saturated rings. The fourth-order valence-corrected chi connectivity index (χ4v) is 5.53. The normalized spacial score (nSPS) is 24.3. The summed E-state index contributed by atoms with van der Waals surface area (Å²) in [6.45, 7) is 8.97. The van der Waals surface area contributed by atoms with Crippen molar-refractivity contribution >= 4 is 23.3 Å². The van der Waals surface area contributed by atoms with Gasteiger partial charge in [0.1, 0.15) is 10.8 Å². The summed E-state index contributed by atoms with van der Waals surface area (Å²) in [5.41, 5.74) is 1.12. The topological polar surface area (TPSA) is 89.0 Å². The first kappa shape index (κ1) is 22.2. The average molecular weight is 424 g/mol. The van der Waals surface area contributed by atoms with Gasteiger partial charge in [-0.1, -0.05) is 19.4 Å². The van der Waals surface area contributed by atoms with Crippen molar-refractivity contribution in [3.8, 4) is 0 Å². The molecule has 8 heteroatoms. The van der Waals surface area contributed by atoms with Crippen LogP contribution in [0.2, 0.25) is 0 Å². The number of nitrogens with zero attached hydrogens (tertiary/aromatic N) is 3. The van der Waals surface area contributed by atoms with E-state index in [-0.39, 0.29) is 18.2 Å². The Kier molecular flexibility index (Phi) is 6.96. The van der Waals surface area contributed by atoms with Crippen LogP contribution >= 0.6 is 0 Å². The van der Waals surface area contributed by atoms with Crippen LogP contribution < -0.4 is 4.31 Å². The monoisotopic (exact) mass is 423 g/mol. The number of ether oxygens (including phenoxy) is 1. The number of hydrogen-bond donors (Lipinski definition) is 1. The van der Waals surface area contributed by atoms with Crippen LogP contribution in [0.5, 0.6) is 0 Å². The molecule has 2 aliphatic rings. The summed E-state index contributed by atoms with van der Waals surface area (Å²) in [5.74, 6) is 0.792. The smallest absolute Gasteiger partial charge is 0.407 e.